The van der Waals surface area contributed by atoms with Crippen molar-refractivity contribution in [3.8, 4) is 11.3 Å². The molecule has 3 aromatic carbocycles. The van der Waals surface area contributed by atoms with Gasteiger partial charge in [-0.1, -0.05) is 54.6 Å². The molecule has 150 valence electrons. The van der Waals surface area contributed by atoms with Crippen LogP contribution in [-0.2, 0) is 6.18 Å². The molecular weight excluding hydrogens is 389 g/mol. The van der Waals surface area contributed by atoms with Gasteiger partial charge in [-0.05, 0) is 36.8 Å². The highest BCUT2D eigenvalue weighted by Crippen LogP contribution is 2.35. The van der Waals surface area contributed by atoms with Gasteiger partial charge < -0.3 is 5.32 Å². The number of hydrogen-bond acceptors (Lipinski definition) is 2. The van der Waals surface area contributed by atoms with E-state index in [1.165, 1.54) is 18.2 Å². The van der Waals surface area contributed by atoms with E-state index in [2.05, 4.69) is 10.3 Å². The lowest BCUT2D eigenvalue weighted by Crippen LogP contribution is -2.17. The summed E-state index contributed by atoms with van der Waals surface area (Å²) < 4.78 is 40.0. The number of pyridine rings is 1. The maximum Gasteiger partial charge on any atom is 0.418 e. The summed E-state index contributed by atoms with van der Waals surface area (Å²) in [5.74, 6) is -0.625. The summed E-state index contributed by atoms with van der Waals surface area (Å²) in [4.78, 5) is 17.7. The Kier molecular flexibility index (Phi) is 4.99. The van der Waals surface area contributed by atoms with Gasteiger partial charge in [0.05, 0.1) is 28.0 Å². The highest BCUT2D eigenvalue weighted by atomic mass is 19.4. The first-order chi connectivity index (χ1) is 14.3. The van der Waals surface area contributed by atoms with Gasteiger partial charge in [-0.3, -0.25) is 4.79 Å². The van der Waals surface area contributed by atoms with Gasteiger partial charge in [0.25, 0.3) is 5.91 Å². The number of aryl methyl sites for hydroxylation is 1. The van der Waals surface area contributed by atoms with Crippen LogP contribution in [0.5, 0.6) is 0 Å². The molecule has 0 saturated carbocycles. The molecule has 3 nitrogen and oxygen atoms in total. The Bertz CT molecular complexity index is 1250. The third-order valence-electron chi connectivity index (χ3n) is 4.86. The minimum atomic E-state index is -4.57. The van der Waals surface area contributed by atoms with Crippen molar-refractivity contribution in [1.82, 2.24) is 4.98 Å². The van der Waals surface area contributed by atoms with Gasteiger partial charge in [-0.15, -0.1) is 0 Å². The number of fused-ring (bicyclic) bond motifs is 1. The number of rotatable bonds is 3. The van der Waals surface area contributed by atoms with Crippen LogP contribution in [0.4, 0.5) is 18.9 Å². The standard InChI is InChI=1S/C24H17F3N2O/c1-15-8-2-3-9-16(15)22-14-18(17-10-4-6-12-20(17)28-22)23(30)29-21-13-7-5-11-19(21)24(25,26)27/h2-14H,1H3,(H,29,30). The predicted molar refractivity (Wildman–Crippen MR) is 111 cm³/mol. The van der Waals surface area contributed by atoms with E-state index >= 15 is 0 Å². The lowest BCUT2D eigenvalue weighted by Gasteiger charge is -2.15. The Morgan fingerprint density at radius 1 is 0.900 bits per heavy atom. The highest BCUT2D eigenvalue weighted by Gasteiger charge is 2.33. The number of benzene rings is 3. The van der Waals surface area contributed by atoms with Gasteiger partial charge in [-0.25, -0.2) is 4.98 Å². The lowest BCUT2D eigenvalue weighted by atomic mass is 10.0. The first kappa shape index (κ1) is 19.6. The average molecular weight is 406 g/mol. The first-order valence-corrected chi connectivity index (χ1v) is 9.28. The maximum atomic E-state index is 13.3. The molecule has 0 bridgehead atoms. The van der Waals surface area contributed by atoms with Crippen molar-refractivity contribution in [3.05, 3.63) is 95.6 Å². The van der Waals surface area contributed by atoms with Crippen molar-refractivity contribution >= 4 is 22.5 Å². The van der Waals surface area contributed by atoms with E-state index < -0.39 is 17.6 Å². The SMILES string of the molecule is Cc1ccccc1-c1cc(C(=O)Nc2ccccc2C(F)(F)F)c2ccccc2n1. The van der Waals surface area contributed by atoms with Crippen LogP contribution in [0.25, 0.3) is 22.2 Å². The summed E-state index contributed by atoms with van der Waals surface area (Å²) in [5.41, 5.74) is 2.09. The number of hydrogen-bond donors (Lipinski definition) is 1. The second-order valence-electron chi connectivity index (χ2n) is 6.88. The molecule has 0 radical (unpaired) electrons. The topological polar surface area (TPSA) is 42.0 Å². The van der Waals surface area contributed by atoms with Crippen LogP contribution in [0.15, 0.2) is 78.9 Å². The summed E-state index contributed by atoms with van der Waals surface area (Å²) in [6.45, 7) is 1.94. The Morgan fingerprint density at radius 3 is 2.33 bits per heavy atom. The molecule has 0 aliphatic heterocycles. The van der Waals surface area contributed by atoms with Crippen LogP contribution in [0, 0.1) is 6.92 Å². The molecular formula is C24H17F3N2O. The van der Waals surface area contributed by atoms with Crippen molar-refractivity contribution in [2.24, 2.45) is 0 Å². The van der Waals surface area contributed by atoms with Crippen molar-refractivity contribution in [2.75, 3.05) is 5.32 Å². The van der Waals surface area contributed by atoms with E-state index in [0.717, 1.165) is 17.2 Å². The van der Waals surface area contributed by atoms with Crippen LogP contribution < -0.4 is 5.32 Å². The Balaban J connectivity index is 1.83. The molecule has 1 amide bonds. The number of nitrogens with zero attached hydrogens (tertiary/aromatic N) is 1. The van der Waals surface area contributed by atoms with Gasteiger partial charge in [0.2, 0.25) is 0 Å². The number of alkyl halides is 3. The number of carbonyl (C=O) groups is 1. The monoisotopic (exact) mass is 406 g/mol. The summed E-state index contributed by atoms with van der Waals surface area (Å²) >= 11 is 0. The van der Waals surface area contributed by atoms with E-state index in [1.807, 2.05) is 31.2 Å². The van der Waals surface area contributed by atoms with E-state index in [4.69, 9.17) is 0 Å². The zero-order valence-electron chi connectivity index (χ0n) is 16.0. The molecule has 30 heavy (non-hydrogen) atoms. The highest BCUT2D eigenvalue weighted by molar-refractivity contribution is 6.13. The number of aromatic nitrogens is 1. The summed E-state index contributed by atoms with van der Waals surface area (Å²) in [5, 5.41) is 3.00. The molecule has 1 aromatic heterocycles. The van der Waals surface area contributed by atoms with Crippen molar-refractivity contribution in [2.45, 2.75) is 13.1 Å². The molecule has 6 heteroatoms. The molecule has 0 aliphatic rings. The number of halogens is 3. The Morgan fingerprint density at radius 2 is 1.57 bits per heavy atom. The molecule has 0 saturated heterocycles. The third kappa shape index (κ3) is 3.76. The van der Waals surface area contributed by atoms with Gasteiger partial charge in [0.1, 0.15) is 0 Å². The predicted octanol–water partition coefficient (Wildman–Crippen LogP) is 6.48. The molecule has 1 heterocycles. The van der Waals surface area contributed by atoms with E-state index in [9.17, 15) is 18.0 Å². The zero-order chi connectivity index (χ0) is 21.3. The molecule has 4 aromatic rings. The molecule has 0 unspecified atom stereocenters. The van der Waals surface area contributed by atoms with Crippen molar-refractivity contribution in [1.29, 1.82) is 0 Å². The smallest absolute Gasteiger partial charge is 0.321 e. The van der Waals surface area contributed by atoms with Crippen LogP contribution in [0.2, 0.25) is 0 Å². The third-order valence-corrected chi connectivity index (χ3v) is 4.86. The number of amides is 1. The molecule has 4 rings (SSSR count). The van der Waals surface area contributed by atoms with E-state index in [-0.39, 0.29) is 11.3 Å². The largest absolute Gasteiger partial charge is 0.418 e. The first-order valence-electron chi connectivity index (χ1n) is 9.28. The number of anilines is 1. The second kappa shape index (κ2) is 7.63. The summed E-state index contributed by atoms with van der Waals surface area (Å²) in [6.07, 6.45) is -4.57. The normalized spacial score (nSPS) is 11.5. The fourth-order valence-electron chi connectivity index (χ4n) is 3.39. The molecule has 0 spiro atoms. The van der Waals surface area contributed by atoms with Gasteiger partial charge in [0, 0.05) is 10.9 Å². The zero-order valence-corrected chi connectivity index (χ0v) is 16.0. The minimum absolute atomic E-state index is 0.260. The molecule has 1 N–H and O–H groups in total. The van der Waals surface area contributed by atoms with Crippen molar-refractivity contribution < 1.29 is 18.0 Å². The van der Waals surface area contributed by atoms with Gasteiger partial charge >= 0.3 is 6.18 Å². The van der Waals surface area contributed by atoms with Gasteiger partial charge in [0.15, 0.2) is 0 Å². The van der Waals surface area contributed by atoms with E-state index in [1.54, 1.807) is 30.3 Å². The lowest BCUT2D eigenvalue weighted by molar-refractivity contribution is -0.136. The van der Waals surface area contributed by atoms with Crippen LogP contribution in [0.3, 0.4) is 0 Å². The molecule has 0 aliphatic carbocycles. The van der Waals surface area contributed by atoms with Gasteiger partial charge in [-0.2, -0.15) is 13.2 Å². The average Bonchev–Trinajstić information content (AvgIpc) is 2.73. The summed E-state index contributed by atoms with van der Waals surface area (Å²) in [6, 6.07) is 21.2. The fourth-order valence-corrected chi connectivity index (χ4v) is 3.39. The number of para-hydroxylation sites is 2. The maximum absolute atomic E-state index is 13.3. The summed E-state index contributed by atoms with van der Waals surface area (Å²) in [7, 11) is 0. The second-order valence-corrected chi connectivity index (χ2v) is 6.88. The quantitative estimate of drug-likeness (QED) is 0.423. The molecule has 0 atom stereocenters. The van der Waals surface area contributed by atoms with Crippen molar-refractivity contribution in [3.63, 3.8) is 0 Å². The van der Waals surface area contributed by atoms with Crippen LogP contribution >= 0.6 is 0 Å². The van der Waals surface area contributed by atoms with Crippen LogP contribution in [0.1, 0.15) is 21.5 Å². The molecule has 0 fully saturated rings. The number of carbonyl (C=O) groups excluding carboxylic acids is 1. The number of nitrogens with one attached hydrogen (secondary N) is 1. The minimum Gasteiger partial charge on any atom is -0.321 e. The van der Waals surface area contributed by atoms with Crippen LogP contribution in [-0.4, -0.2) is 10.9 Å². The Labute approximate surface area is 171 Å². The Hall–Kier alpha value is -3.67. The van der Waals surface area contributed by atoms with E-state index in [0.29, 0.717) is 16.6 Å². The fraction of sp³-hybridized carbons (Fsp3) is 0.0833.